The van der Waals surface area contributed by atoms with Crippen molar-refractivity contribution in [2.45, 2.75) is 13.0 Å². The van der Waals surface area contributed by atoms with Crippen molar-refractivity contribution in [1.82, 2.24) is 9.55 Å². The average Bonchev–Trinajstić information content (AvgIpc) is 2.68. The normalized spacial score (nSPS) is 12.5. The van der Waals surface area contributed by atoms with Gasteiger partial charge < -0.3 is 9.88 Å². The Kier molecular flexibility index (Phi) is 3.66. The molecule has 0 fully saturated rings. The van der Waals surface area contributed by atoms with Gasteiger partial charge in [-0.25, -0.2) is 9.37 Å². The molecule has 2 aromatic rings. The van der Waals surface area contributed by atoms with Crippen LogP contribution in [0.5, 0.6) is 0 Å². The van der Waals surface area contributed by atoms with Gasteiger partial charge in [-0.15, -0.1) is 0 Å². The third-order valence-corrected chi connectivity index (χ3v) is 3.44. The molecule has 0 aliphatic heterocycles. The van der Waals surface area contributed by atoms with E-state index >= 15 is 0 Å². The first-order chi connectivity index (χ1) is 8.08. The van der Waals surface area contributed by atoms with E-state index in [1.807, 2.05) is 24.7 Å². The van der Waals surface area contributed by atoms with Crippen LogP contribution in [0.25, 0.3) is 0 Å². The zero-order valence-corrected chi connectivity index (χ0v) is 11.8. The molecule has 2 rings (SSSR count). The van der Waals surface area contributed by atoms with E-state index in [0.29, 0.717) is 0 Å². The Hall–Kier alpha value is -1.11. The second kappa shape index (κ2) is 5.03. The molecular formula is C12H13FIN3. The minimum Gasteiger partial charge on any atom is -0.375 e. The average molecular weight is 345 g/mol. The van der Waals surface area contributed by atoms with Crippen molar-refractivity contribution < 1.29 is 4.39 Å². The summed E-state index contributed by atoms with van der Waals surface area (Å²) in [5.41, 5.74) is 0.919. The van der Waals surface area contributed by atoms with Crippen LogP contribution in [-0.2, 0) is 7.05 Å². The van der Waals surface area contributed by atoms with Crippen molar-refractivity contribution >= 4 is 28.3 Å². The maximum Gasteiger partial charge on any atom is 0.130 e. The van der Waals surface area contributed by atoms with Crippen molar-refractivity contribution in [1.29, 1.82) is 0 Å². The largest absolute Gasteiger partial charge is 0.375 e. The molecule has 1 unspecified atom stereocenters. The van der Waals surface area contributed by atoms with Crippen LogP contribution >= 0.6 is 22.6 Å². The van der Waals surface area contributed by atoms with Crippen LogP contribution in [0.15, 0.2) is 30.6 Å². The minimum atomic E-state index is -0.218. The Morgan fingerprint density at radius 3 is 2.82 bits per heavy atom. The van der Waals surface area contributed by atoms with E-state index in [2.05, 4.69) is 32.9 Å². The number of anilines is 1. The lowest BCUT2D eigenvalue weighted by atomic mass is 10.2. The summed E-state index contributed by atoms with van der Waals surface area (Å²) in [5.74, 6) is 0.731. The fourth-order valence-electron chi connectivity index (χ4n) is 1.70. The molecule has 17 heavy (non-hydrogen) atoms. The van der Waals surface area contributed by atoms with Gasteiger partial charge in [0.2, 0.25) is 0 Å². The summed E-state index contributed by atoms with van der Waals surface area (Å²) in [6.45, 7) is 2.03. The van der Waals surface area contributed by atoms with Crippen LogP contribution in [0.3, 0.4) is 0 Å². The van der Waals surface area contributed by atoms with Crippen molar-refractivity contribution in [3.63, 3.8) is 0 Å². The predicted octanol–water partition coefficient (Wildman–Crippen LogP) is 3.34. The highest BCUT2D eigenvalue weighted by molar-refractivity contribution is 14.1. The van der Waals surface area contributed by atoms with Crippen molar-refractivity contribution in [3.8, 4) is 0 Å². The zero-order valence-electron chi connectivity index (χ0n) is 9.61. The second-order valence-electron chi connectivity index (χ2n) is 3.89. The van der Waals surface area contributed by atoms with Crippen LogP contribution in [0.2, 0.25) is 0 Å². The number of benzene rings is 1. The summed E-state index contributed by atoms with van der Waals surface area (Å²) in [6, 6.07) is 4.79. The number of nitrogens with zero attached hydrogens (tertiary/aromatic N) is 2. The molecule has 0 aliphatic carbocycles. The van der Waals surface area contributed by atoms with E-state index < -0.39 is 0 Å². The Labute approximate surface area is 113 Å². The SMILES string of the molecule is CC(Nc1ccc(F)cc1I)c1nccn1C. The number of imidazole rings is 1. The smallest absolute Gasteiger partial charge is 0.130 e. The monoisotopic (exact) mass is 345 g/mol. The van der Waals surface area contributed by atoms with Gasteiger partial charge in [-0.05, 0) is 47.7 Å². The van der Waals surface area contributed by atoms with Gasteiger partial charge in [0, 0.05) is 28.7 Å². The molecule has 1 atom stereocenters. The number of halogens is 2. The maximum atomic E-state index is 13.0. The molecule has 0 aliphatic rings. The topological polar surface area (TPSA) is 29.9 Å². The summed E-state index contributed by atoms with van der Waals surface area (Å²) in [5, 5.41) is 3.32. The number of aryl methyl sites for hydroxylation is 1. The van der Waals surface area contributed by atoms with E-state index in [9.17, 15) is 4.39 Å². The van der Waals surface area contributed by atoms with E-state index in [0.717, 1.165) is 15.1 Å². The third-order valence-electron chi connectivity index (χ3n) is 2.55. The Morgan fingerprint density at radius 2 is 2.24 bits per heavy atom. The van der Waals surface area contributed by atoms with Crippen LogP contribution in [0.4, 0.5) is 10.1 Å². The molecule has 1 N–H and O–H groups in total. The lowest BCUT2D eigenvalue weighted by Crippen LogP contribution is -2.12. The molecule has 0 saturated carbocycles. The first-order valence-electron chi connectivity index (χ1n) is 5.26. The number of hydrogen-bond donors (Lipinski definition) is 1. The molecule has 1 aromatic carbocycles. The fourth-order valence-corrected chi connectivity index (χ4v) is 2.33. The Balaban J connectivity index is 2.19. The standard InChI is InChI=1S/C12H13FIN3/c1-8(12-15-5-6-17(12)2)16-11-4-3-9(13)7-10(11)14/h3-8,16H,1-2H3. The van der Waals surface area contributed by atoms with E-state index in [4.69, 9.17) is 0 Å². The van der Waals surface area contributed by atoms with Gasteiger partial charge in [-0.1, -0.05) is 0 Å². The first kappa shape index (κ1) is 12.3. The number of hydrogen-bond acceptors (Lipinski definition) is 2. The van der Waals surface area contributed by atoms with Crippen molar-refractivity contribution in [3.05, 3.63) is 45.8 Å². The summed E-state index contributed by atoms with van der Waals surface area (Å²) < 4.78 is 15.8. The van der Waals surface area contributed by atoms with Gasteiger partial charge in [0.15, 0.2) is 0 Å². The van der Waals surface area contributed by atoms with Crippen LogP contribution in [0, 0.1) is 9.39 Å². The molecule has 0 radical (unpaired) electrons. The summed E-state index contributed by atoms with van der Waals surface area (Å²) in [4.78, 5) is 4.28. The first-order valence-corrected chi connectivity index (χ1v) is 6.34. The highest BCUT2D eigenvalue weighted by Gasteiger charge is 2.11. The maximum absolute atomic E-state index is 13.0. The number of rotatable bonds is 3. The van der Waals surface area contributed by atoms with E-state index in [1.54, 1.807) is 12.3 Å². The second-order valence-corrected chi connectivity index (χ2v) is 5.05. The van der Waals surface area contributed by atoms with Crippen LogP contribution in [-0.4, -0.2) is 9.55 Å². The Bertz CT molecular complexity index is 524. The van der Waals surface area contributed by atoms with E-state index in [-0.39, 0.29) is 11.9 Å². The van der Waals surface area contributed by atoms with Crippen molar-refractivity contribution in [2.75, 3.05) is 5.32 Å². The molecule has 5 heteroatoms. The quantitative estimate of drug-likeness (QED) is 0.865. The van der Waals surface area contributed by atoms with Crippen molar-refractivity contribution in [2.24, 2.45) is 7.05 Å². The lowest BCUT2D eigenvalue weighted by Gasteiger charge is -2.16. The van der Waals surface area contributed by atoms with Crippen LogP contribution < -0.4 is 5.32 Å². The summed E-state index contributed by atoms with van der Waals surface area (Å²) in [7, 11) is 1.95. The zero-order chi connectivity index (χ0) is 12.4. The number of nitrogens with one attached hydrogen (secondary N) is 1. The van der Waals surface area contributed by atoms with E-state index in [1.165, 1.54) is 12.1 Å². The molecule has 90 valence electrons. The molecular weight excluding hydrogens is 332 g/mol. The Morgan fingerprint density at radius 1 is 1.47 bits per heavy atom. The minimum absolute atomic E-state index is 0.0778. The fraction of sp³-hybridized carbons (Fsp3) is 0.250. The molecule has 0 spiro atoms. The molecule has 0 saturated heterocycles. The summed E-state index contributed by atoms with van der Waals surface area (Å²) >= 11 is 2.12. The highest BCUT2D eigenvalue weighted by Crippen LogP contribution is 2.23. The van der Waals surface area contributed by atoms with Gasteiger partial charge in [-0.3, -0.25) is 0 Å². The summed E-state index contributed by atoms with van der Waals surface area (Å²) in [6.07, 6.45) is 3.67. The highest BCUT2D eigenvalue weighted by atomic mass is 127. The molecule has 1 aromatic heterocycles. The number of aromatic nitrogens is 2. The van der Waals surface area contributed by atoms with Gasteiger partial charge in [0.25, 0.3) is 0 Å². The molecule has 0 bridgehead atoms. The molecule has 0 amide bonds. The van der Waals surface area contributed by atoms with Gasteiger partial charge in [-0.2, -0.15) is 0 Å². The predicted molar refractivity (Wildman–Crippen MR) is 74.4 cm³/mol. The van der Waals surface area contributed by atoms with Crippen LogP contribution in [0.1, 0.15) is 18.8 Å². The van der Waals surface area contributed by atoms with Gasteiger partial charge in [0.05, 0.1) is 6.04 Å². The third kappa shape index (κ3) is 2.77. The molecule has 1 heterocycles. The van der Waals surface area contributed by atoms with Gasteiger partial charge in [0.1, 0.15) is 11.6 Å². The molecule has 3 nitrogen and oxygen atoms in total. The van der Waals surface area contributed by atoms with Gasteiger partial charge >= 0.3 is 0 Å². The lowest BCUT2D eigenvalue weighted by molar-refractivity contribution is 0.626.